The topological polar surface area (TPSA) is 94.8 Å². The number of aliphatic carboxylic acids is 2. The van der Waals surface area contributed by atoms with Gasteiger partial charge in [-0.3, -0.25) is 9.59 Å². The van der Waals surface area contributed by atoms with E-state index in [0.29, 0.717) is 6.42 Å². The van der Waals surface area contributed by atoms with Crippen LogP contribution in [0.25, 0.3) is 0 Å². The Hall–Kier alpha value is -1.36. The minimum Gasteiger partial charge on any atom is -0.481 e. The Balaban J connectivity index is 3.23. The predicted molar refractivity (Wildman–Crippen MR) is 90.4 cm³/mol. The van der Waals surface area contributed by atoms with Crippen LogP contribution in [0.3, 0.4) is 0 Å². The Morgan fingerprint density at radius 1 is 0.739 bits per heavy atom. The lowest BCUT2D eigenvalue weighted by atomic mass is 10.1. The van der Waals surface area contributed by atoms with Crippen molar-refractivity contribution >= 4 is 11.9 Å². The highest BCUT2D eigenvalue weighted by Gasteiger charge is 2.08. The van der Waals surface area contributed by atoms with E-state index in [9.17, 15) is 14.7 Å². The van der Waals surface area contributed by atoms with Crippen molar-refractivity contribution in [2.45, 2.75) is 89.6 Å². The predicted octanol–water partition coefficient (Wildman–Crippen LogP) is 4.14. The fraction of sp³-hybridized carbons (Fsp3) is 0.778. The Labute approximate surface area is 139 Å². The molecule has 0 aromatic heterocycles. The van der Waals surface area contributed by atoms with E-state index >= 15 is 0 Å². The summed E-state index contributed by atoms with van der Waals surface area (Å²) >= 11 is 0. The molecule has 134 valence electrons. The van der Waals surface area contributed by atoms with Crippen molar-refractivity contribution in [1.82, 2.24) is 0 Å². The molecule has 0 aromatic rings. The third-order valence-electron chi connectivity index (χ3n) is 3.75. The Morgan fingerprint density at radius 2 is 1.26 bits per heavy atom. The zero-order chi connectivity index (χ0) is 17.3. The van der Waals surface area contributed by atoms with E-state index in [1.807, 2.05) is 0 Å². The molecule has 0 spiro atoms. The van der Waals surface area contributed by atoms with Gasteiger partial charge in [-0.1, -0.05) is 44.3 Å². The van der Waals surface area contributed by atoms with Gasteiger partial charge in [0.05, 0.1) is 12.5 Å². The normalized spacial score (nSPS) is 12.6. The number of allylic oxidation sites excluding steroid dienone is 2. The van der Waals surface area contributed by atoms with Gasteiger partial charge in [-0.15, -0.1) is 0 Å². The summed E-state index contributed by atoms with van der Waals surface area (Å²) in [6.07, 6.45) is 14.7. The highest BCUT2D eigenvalue weighted by Crippen LogP contribution is 2.10. The molecule has 0 aliphatic heterocycles. The Bertz CT molecular complexity index is 338. The average Bonchev–Trinajstić information content (AvgIpc) is 2.46. The molecule has 0 saturated carbocycles. The minimum absolute atomic E-state index is 0.157. The molecule has 0 aliphatic carbocycles. The van der Waals surface area contributed by atoms with Crippen molar-refractivity contribution in [3.63, 3.8) is 0 Å². The van der Waals surface area contributed by atoms with Crippen LogP contribution in [-0.4, -0.2) is 33.4 Å². The van der Waals surface area contributed by atoms with Crippen LogP contribution in [0.15, 0.2) is 12.2 Å². The number of hydrogen-bond acceptors (Lipinski definition) is 3. The van der Waals surface area contributed by atoms with Gasteiger partial charge in [0.25, 0.3) is 0 Å². The summed E-state index contributed by atoms with van der Waals surface area (Å²) in [5.74, 6) is -1.65. The second kappa shape index (κ2) is 15.5. The van der Waals surface area contributed by atoms with Gasteiger partial charge in [-0.05, 0) is 38.5 Å². The van der Waals surface area contributed by atoms with Gasteiger partial charge in [0.1, 0.15) is 0 Å². The monoisotopic (exact) mass is 328 g/mol. The first-order valence-corrected chi connectivity index (χ1v) is 8.79. The van der Waals surface area contributed by atoms with Crippen LogP contribution in [0.1, 0.15) is 83.5 Å². The van der Waals surface area contributed by atoms with Crippen LogP contribution in [0, 0.1) is 0 Å². The Morgan fingerprint density at radius 3 is 1.83 bits per heavy atom. The van der Waals surface area contributed by atoms with Gasteiger partial charge in [0.15, 0.2) is 0 Å². The fourth-order valence-corrected chi connectivity index (χ4v) is 2.43. The summed E-state index contributed by atoms with van der Waals surface area (Å²) in [6, 6.07) is 0. The molecule has 0 aliphatic rings. The summed E-state index contributed by atoms with van der Waals surface area (Å²) in [5.41, 5.74) is 0. The summed E-state index contributed by atoms with van der Waals surface area (Å²) in [7, 11) is 0. The number of aliphatic hydroxyl groups excluding tert-OH is 1. The second-order valence-corrected chi connectivity index (χ2v) is 6.06. The molecule has 0 radical (unpaired) electrons. The van der Waals surface area contributed by atoms with Gasteiger partial charge < -0.3 is 15.3 Å². The van der Waals surface area contributed by atoms with Gasteiger partial charge >= 0.3 is 11.9 Å². The van der Waals surface area contributed by atoms with Crippen LogP contribution < -0.4 is 0 Å². The van der Waals surface area contributed by atoms with Crippen LogP contribution in [0.4, 0.5) is 0 Å². The molecule has 0 heterocycles. The standard InChI is InChI=1S/C18H32O5/c19-16(15-18(22)23)13-11-9-7-5-3-1-2-4-6-8-10-12-14-17(20)21/h1,3,16,19H,2,4-15H2,(H,20,21)(H,22,23)/b3-1-/t16-/m1/s1. The van der Waals surface area contributed by atoms with E-state index in [4.69, 9.17) is 10.2 Å². The molecular weight excluding hydrogens is 296 g/mol. The number of carbonyl (C=O) groups is 2. The number of unbranched alkanes of at least 4 members (excludes halogenated alkanes) is 8. The first-order chi connectivity index (χ1) is 11.0. The van der Waals surface area contributed by atoms with E-state index in [2.05, 4.69) is 12.2 Å². The molecule has 0 fully saturated rings. The fourth-order valence-electron chi connectivity index (χ4n) is 2.43. The van der Waals surface area contributed by atoms with Crippen LogP contribution >= 0.6 is 0 Å². The quantitative estimate of drug-likeness (QED) is 0.292. The summed E-state index contributed by atoms with van der Waals surface area (Å²) in [5, 5.41) is 26.4. The van der Waals surface area contributed by atoms with Gasteiger partial charge in [-0.25, -0.2) is 0 Å². The van der Waals surface area contributed by atoms with Crippen molar-refractivity contribution in [2.24, 2.45) is 0 Å². The average molecular weight is 328 g/mol. The molecule has 5 nitrogen and oxygen atoms in total. The number of hydrogen-bond donors (Lipinski definition) is 3. The largest absolute Gasteiger partial charge is 0.481 e. The zero-order valence-corrected chi connectivity index (χ0v) is 14.1. The summed E-state index contributed by atoms with van der Waals surface area (Å²) < 4.78 is 0. The van der Waals surface area contributed by atoms with Crippen molar-refractivity contribution in [1.29, 1.82) is 0 Å². The molecule has 3 N–H and O–H groups in total. The first-order valence-electron chi connectivity index (χ1n) is 8.79. The van der Waals surface area contributed by atoms with Crippen LogP contribution in [0.2, 0.25) is 0 Å². The molecule has 23 heavy (non-hydrogen) atoms. The maximum Gasteiger partial charge on any atom is 0.305 e. The number of rotatable bonds is 16. The van der Waals surface area contributed by atoms with E-state index in [0.717, 1.165) is 64.2 Å². The maximum atomic E-state index is 10.4. The number of carboxylic acid groups (broad SMARTS) is 2. The van der Waals surface area contributed by atoms with E-state index < -0.39 is 18.0 Å². The van der Waals surface area contributed by atoms with Crippen LogP contribution in [-0.2, 0) is 9.59 Å². The highest BCUT2D eigenvalue weighted by molar-refractivity contribution is 5.67. The molecule has 0 aromatic carbocycles. The van der Waals surface area contributed by atoms with Gasteiger partial charge in [0.2, 0.25) is 0 Å². The zero-order valence-electron chi connectivity index (χ0n) is 14.1. The maximum absolute atomic E-state index is 10.4. The van der Waals surface area contributed by atoms with Crippen molar-refractivity contribution in [3.8, 4) is 0 Å². The molecule has 0 bridgehead atoms. The molecule has 5 heteroatoms. The second-order valence-electron chi connectivity index (χ2n) is 6.06. The lowest BCUT2D eigenvalue weighted by Gasteiger charge is -2.06. The van der Waals surface area contributed by atoms with Gasteiger partial charge in [0, 0.05) is 6.42 Å². The molecule has 0 amide bonds. The lowest BCUT2D eigenvalue weighted by Crippen LogP contribution is -2.12. The summed E-state index contributed by atoms with van der Waals surface area (Å²) in [6.45, 7) is 0. The molecular formula is C18H32O5. The first kappa shape index (κ1) is 21.6. The minimum atomic E-state index is -0.942. The third-order valence-corrected chi connectivity index (χ3v) is 3.75. The van der Waals surface area contributed by atoms with E-state index in [1.54, 1.807) is 0 Å². The van der Waals surface area contributed by atoms with Crippen molar-refractivity contribution < 1.29 is 24.9 Å². The third kappa shape index (κ3) is 18.6. The van der Waals surface area contributed by atoms with Gasteiger partial charge in [-0.2, -0.15) is 0 Å². The Kier molecular flexibility index (Phi) is 14.6. The smallest absolute Gasteiger partial charge is 0.305 e. The highest BCUT2D eigenvalue weighted by atomic mass is 16.4. The molecule has 1 atom stereocenters. The van der Waals surface area contributed by atoms with E-state index in [1.165, 1.54) is 0 Å². The SMILES string of the molecule is O=C(O)CCCCCCC/C=C\CCCCC[C@@H](O)CC(=O)O. The number of aliphatic hydroxyl groups is 1. The lowest BCUT2D eigenvalue weighted by molar-refractivity contribution is -0.139. The van der Waals surface area contributed by atoms with Crippen molar-refractivity contribution in [2.75, 3.05) is 0 Å². The molecule has 0 saturated heterocycles. The van der Waals surface area contributed by atoms with Crippen LogP contribution in [0.5, 0.6) is 0 Å². The summed E-state index contributed by atoms with van der Waals surface area (Å²) in [4.78, 5) is 20.7. The van der Waals surface area contributed by atoms with Crippen molar-refractivity contribution in [3.05, 3.63) is 12.2 Å². The number of carboxylic acids is 2. The molecule has 0 unspecified atom stereocenters. The molecule has 0 rings (SSSR count). The van der Waals surface area contributed by atoms with E-state index in [-0.39, 0.29) is 12.8 Å².